The Balaban J connectivity index is 4.52. The molecule has 0 fully saturated rings. The summed E-state index contributed by atoms with van der Waals surface area (Å²) in [6.45, 7) is 6.50. The summed E-state index contributed by atoms with van der Waals surface area (Å²) in [5, 5.41) is 0. The Labute approximate surface area is 438 Å². The molecule has 6 heteroatoms. The van der Waals surface area contributed by atoms with Crippen molar-refractivity contribution < 1.29 is 28.6 Å². The van der Waals surface area contributed by atoms with E-state index in [9.17, 15) is 14.4 Å². The highest BCUT2D eigenvalue weighted by atomic mass is 16.6. The zero-order valence-electron chi connectivity index (χ0n) is 46.2. The van der Waals surface area contributed by atoms with Crippen molar-refractivity contribution in [1.29, 1.82) is 0 Å². The number of ether oxygens (including phenoxy) is 3. The summed E-state index contributed by atoms with van der Waals surface area (Å²) in [4.78, 5) is 38.2. The first-order valence-electron chi connectivity index (χ1n) is 29.4. The standard InChI is InChI=1S/C65H108O6/c1-4-7-10-13-16-19-22-25-28-31-32-35-37-40-43-46-49-52-55-58-64(67)70-61-62(71-65(68)59-56-53-50-47-44-41-38-34-30-27-24-21-18-15-12-9-6-3)60-69-63(66)57-54-51-48-45-42-39-36-33-29-26-23-20-17-14-11-8-5-2/h16-21,25-30,36,38-39,41,47,50,62H,4-15,22-24,31-35,37,40,42-46,48-49,51-61H2,1-3H3/b19-16+,20-17+,21-18+,28-25+,29-26+,30-27+,39-36+,41-38+,50-47+/t62-/m1/s1. The molecular formula is C65H108O6. The predicted octanol–water partition coefficient (Wildman–Crippen LogP) is 19.9. The third-order valence-corrected chi connectivity index (χ3v) is 12.2. The van der Waals surface area contributed by atoms with E-state index in [0.717, 1.165) is 96.3 Å². The predicted molar refractivity (Wildman–Crippen MR) is 307 cm³/mol. The summed E-state index contributed by atoms with van der Waals surface area (Å²) in [7, 11) is 0. The fraction of sp³-hybridized carbons (Fsp3) is 0.677. The Bertz CT molecular complexity index is 1460. The van der Waals surface area contributed by atoms with Crippen molar-refractivity contribution in [3.8, 4) is 0 Å². The lowest BCUT2D eigenvalue weighted by Crippen LogP contribution is -2.30. The fourth-order valence-corrected chi connectivity index (χ4v) is 7.77. The van der Waals surface area contributed by atoms with Gasteiger partial charge in [-0.15, -0.1) is 0 Å². The third-order valence-electron chi connectivity index (χ3n) is 12.2. The molecule has 6 nitrogen and oxygen atoms in total. The lowest BCUT2D eigenvalue weighted by atomic mass is 10.1. The van der Waals surface area contributed by atoms with Crippen LogP contribution in [0.3, 0.4) is 0 Å². The summed E-state index contributed by atoms with van der Waals surface area (Å²) in [6, 6.07) is 0. The quantitative estimate of drug-likeness (QED) is 0.0261. The number of allylic oxidation sites excluding steroid dienone is 18. The van der Waals surface area contributed by atoms with Gasteiger partial charge in [-0.05, 0) is 128 Å². The molecular weight excluding hydrogens is 877 g/mol. The molecule has 0 rings (SSSR count). The second kappa shape index (κ2) is 58.6. The number of hydrogen-bond acceptors (Lipinski definition) is 6. The second-order valence-electron chi connectivity index (χ2n) is 19.2. The van der Waals surface area contributed by atoms with E-state index in [1.54, 1.807) is 0 Å². The van der Waals surface area contributed by atoms with E-state index in [1.807, 2.05) is 0 Å². The number of carbonyl (C=O) groups is 3. The van der Waals surface area contributed by atoms with E-state index in [0.29, 0.717) is 19.3 Å². The summed E-state index contributed by atoms with van der Waals surface area (Å²) in [5.41, 5.74) is 0. The van der Waals surface area contributed by atoms with Crippen LogP contribution in [-0.2, 0) is 28.6 Å². The SMILES string of the molecule is CCCCC/C=C/C/C=C/C/C=C/C/C=C/CCCC(=O)O[C@H](COC(=O)CCCCCC/C=C/C/C=C/C/C=C/CCCCC)COC(=O)CCCCCCCCCCC/C=C/C/C=C/CCCCC. The molecule has 0 aliphatic heterocycles. The largest absolute Gasteiger partial charge is 0.462 e. The Morgan fingerprint density at radius 3 is 0.831 bits per heavy atom. The summed E-state index contributed by atoms with van der Waals surface area (Å²) in [6.07, 6.45) is 79.3. The van der Waals surface area contributed by atoms with E-state index in [2.05, 4.69) is 130 Å². The highest BCUT2D eigenvalue weighted by Gasteiger charge is 2.19. The zero-order valence-corrected chi connectivity index (χ0v) is 46.2. The minimum Gasteiger partial charge on any atom is -0.462 e. The van der Waals surface area contributed by atoms with Crippen molar-refractivity contribution in [3.63, 3.8) is 0 Å². The Kier molecular flexibility index (Phi) is 55.4. The number of rotatable bonds is 52. The third kappa shape index (κ3) is 56.9. The van der Waals surface area contributed by atoms with Gasteiger partial charge in [0.05, 0.1) is 0 Å². The molecule has 0 aliphatic carbocycles. The lowest BCUT2D eigenvalue weighted by Gasteiger charge is -2.18. The number of unbranched alkanes of at least 4 members (excludes halogenated alkanes) is 23. The first kappa shape index (κ1) is 67.1. The van der Waals surface area contributed by atoms with Gasteiger partial charge in [-0.25, -0.2) is 0 Å². The molecule has 0 heterocycles. The summed E-state index contributed by atoms with van der Waals surface area (Å²) < 4.78 is 16.8. The van der Waals surface area contributed by atoms with E-state index < -0.39 is 6.10 Å². The molecule has 0 saturated carbocycles. The van der Waals surface area contributed by atoms with Crippen molar-refractivity contribution in [3.05, 3.63) is 109 Å². The van der Waals surface area contributed by atoms with Crippen LogP contribution in [0.15, 0.2) is 109 Å². The van der Waals surface area contributed by atoms with Gasteiger partial charge in [0.25, 0.3) is 0 Å². The van der Waals surface area contributed by atoms with Gasteiger partial charge in [0.1, 0.15) is 13.2 Å². The average Bonchev–Trinajstić information content (AvgIpc) is 3.37. The van der Waals surface area contributed by atoms with Gasteiger partial charge < -0.3 is 14.2 Å². The van der Waals surface area contributed by atoms with Crippen LogP contribution < -0.4 is 0 Å². The van der Waals surface area contributed by atoms with E-state index in [-0.39, 0.29) is 37.5 Å². The molecule has 0 aromatic rings. The van der Waals surface area contributed by atoms with Gasteiger partial charge in [-0.2, -0.15) is 0 Å². The normalized spacial score (nSPS) is 12.9. The minimum absolute atomic E-state index is 0.111. The highest BCUT2D eigenvalue weighted by Crippen LogP contribution is 2.14. The van der Waals surface area contributed by atoms with Crippen LogP contribution in [0.2, 0.25) is 0 Å². The summed E-state index contributed by atoms with van der Waals surface area (Å²) >= 11 is 0. The minimum atomic E-state index is -0.820. The van der Waals surface area contributed by atoms with Crippen molar-refractivity contribution in [2.24, 2.45) is 0 Å². The molecule has 0 unspecified atom stereocenters. The van der Waals surface area contributed by atoms with Gasteiger partial charge >= 0.3 is 17.9 Å². The van der Waals surface area contributed by atoms with Crippen molar-refractivity contribution in [2.75, 3.05) is 13.2 Å². The fourth-order valence-electron chi connectivity index (χ4n) is 7.77. The molecule has 1 atom stereocenters. The number of esters is 3. The first-order valence-corrected chi connectivity index (χ1v) is 29.4. The van der Waals surface area contributed by atoms with Crippen molar-refractivity contribution >= 4 is 17.9 Å². The molecule has 0 bridgehead atoms. The average molecular weight is 986 g/mol. The molecule has 0 N–H and O–H groups in total. The van der Waals surface area contributed by atoms with E-state index >= 15 is 0 Å². The topological polar surface area (TPSA) is 78.9 Å². The maximum absolute atomic E-state index is 12.8. The van der Waals surface area contributed by atoms with E-state index in [4.69, 9.17) is 14.2 Å². The molecule has 0 radical (unpaired) electrons. The van der Waals surface area contributed by atoms with Crippen molar-refractivity contribution in [2.45, 2.75) is 271 Å². The maximum atomic E-state index is 12.8. The molecule has 0 amide bonds. The second-order valence-corrected chi connectivity index (χ2v) is 19.2. The molecule has 0 aliphatic rings. The van der Waals surface area contributed by atoms with E-state index in [1.165, 1.54) is 122 Å². The van der Waals surface area contributed by atoms with Gasteiger partial charge in [0.2, 0.25) is 0 Å². The van der Waals surface area contributed by atoms with Crippen LogP contribution >= 0.6 is 0 Å². The van der Waals surface area contributed by atoms with Crippen LogP contribution in [0.25, 0.3) is 0 Å². The highest BCUT2D eigenvalue weighted by molar-refractivity contribution is 5.71. The Morgan fingerprint density at radius 2 is 0.521 bits per heavy atom. The van der Waals surface area contributed by atoms with Gasteiger partial charge in [0.15, 0.2) is 6.10 Å². The van der Waals surface area contributed by atoms with Crippen LogP contribution in [0.5, 0.6) is 0 Å². The zero-order chi connectivity index (χ0) is 51.4. The van der Waals surface area contributed by atoms with Crippen LogP contribution in [0, 0.1) is 0 Å². The summed E-state index contributed by atoms with van der Waals surface area (Å²) in [5.74, 6) is -0.992. The van der Waals surface area contributed by atoms with Gasteiger partial charge in [-0.1, -0.05) is 226 Å². The molecule has 0 aromatic carbocycles. The lowest BCUT2D eigenvalue weighted by molar-refractivity contribution is -0.167. The molecule has 404 valence electrons. The Hall–Kier alpha value is -3.93. The van der Waals surface area contributed by atoms with Crippen LogP contribution in [-0.4, -0.2) is 37.2 Å². The van der Waals surface area contributed by atoms with Crippen LogP contribution in [0.1, 0.15) is 265 Å². The number of carbonyl (C=O) groups excluding carboxylic acids is 3. The molecule has 0 saturated heterocycles. The van der Waals surface area contributed by atoms with Gasteiger partial charge in [-0.3, -0.25) is 14.4 Å². The molecule has 71 heavy (non-hydrogen) atoms. The van der Waals surface area contributed by atoms with Gasteiger partial charge in [0, 0.05) is 19.3 Å². The molecule has 0 aromatic heterocycles. The smallest absolute Gasteiger partial charge is 0.306 e. The monoisotopic (exact) mass is 985 g/mol. The first-order chi connectivity index (χ1) is 35.0. The van der Waals surface area contributed by atoms with Crippen molar-refractivity contribution in [1.82, 2.24) is 0 Å². The van der Waals surface area contributed by atoms with Crippen LogP contribution in [0.4, 0.5) is 0 Å². The Morgan fingerprint density at radius 1 is 0.282 bits per heavy atom. The molecule has 0 spiro atoms. The maximum Gasteiger partial charge on any atom is 0.306 e. The number of hydrogen-bond donors (Lipinski definition) is 0.